The molecule has 0 bridgehead atoms. The molecule has 1 saturated heterocycles. The molecule has 9 nitrogen and oxygen atoms in total. The van der Waals surface area contributed by atoms with E-state index in [1.54, 1.807) is 4.90 Å². The summed E-state index contributed by atoms with van der Waals surface area (Å²) in [7, 11) is 0. The number of amides is 3. The summed E-state index contributed by atoms with van der Waals surface area (Å²) in [5.41, 5.74) is 2.00. The first-order valence-corrected chi connectivity index (χ1v) is 16.7. The van der Waals surface area contributed by atoms with Gasteiger partial charge in [-0.05, 0) is 54.5 Å². The molecule has 1 aliphatic rings. The fourth-order valence-corrected chi connectivity index (χ4v) is 5.99. The van der Waals surface area contributed by atoms with Crippen LogP contribution < -0.4 is 16.0 Å². The van der Waals surface area contributed by atoms with E-state index in [9.17, 15) is 19.5 Å². The molecule has 0 spiro atoms. The van der Waals surface area contributed by atoms with Gasteiger partial charge in [-0.25, -0.2) is 0 Å². The molecule has 0 radical (unpaired) electrons. The molecule has 1 fully saturated rings. The van der Waals surface area contributed by atoms with Gasteiger partial charge in [-0.2, -0.15) is 0 Å². The van der Waals surface area contributed by atoms with Gasteiger partial charge in [0.05, 0.1) is 18.8 Å². The Hall–Kier alpha value is -3.79. The molecule has 3 amide bonds. The van der Waals surface area contributed by atoms with E-state index in [0.717, 1.165) is 41.2 Å². The lowest BCUT2D eigenvalue weighted by molar-refractivity contribution is -0.142. The fourth-order valence-electron chi connectivity index (χ4n) is 5.99. The second-order valence-electron chi connectivity index (χ2n) is 12.3. The zero-order valence-corrected chi connectivity index (χ0v) is 27.4. The molecular formula is C37H50N4O5. The number of benzene rings is 3. The lowest BCUT2D eigenvalue weighted by atomic mass is 10.00. The molecule has 248 valence electrons. The molecule has 3 aromatic carbocycles. The molecule has 0 aromatic heterocycles. The molecule has 4 rings (SSSR count). The highest BCUT2D eigenvalue weighted by Gasteiger charge is 2.37. The predicted octanol–water partition coefficient (Wildman–Crippen LogP) is 3.97. The molecule has 2 unspecified atom stereocenters. The second-order valence-corrected chi connectivity index (χ2v) is 12.3. The molecule has 46 heavy (non-hydrogen) atoms. The van der Waals surface area contributed by atoms with Gasteiger partial charge < -0.3 is 30.7 Å². The number of aliphatic hydroxyl groups excluding tert-OH is 1. The van der Waals surface area contributed by atoms with E-state index in [1.165, 1.54) is 0 Å². The van der Waals surface area contributed by atoms with Crippen LogP contribution in [0.25, 0.3) is 10.8 Å². The summed E-state index contributed by atoms with van der Waals surface area (Å²) >= 11 is 0. The summed E-state index contributed by atoms with van der Waals surface area (Å²) in [5, 5.41) is 21.7. The molecule has 3 aromatic rings. The zero-order valence-electron chi connectivity index (χ0n) is 27.4. The standard InChI is InChI=1S/C37H50N4O5/c1-4-29(5-2)37(45)41-19-11-16-34(41)36(44)40-33(21-28-17-18-30-14-9-10-15-31(30)20-28)35(43)39-24-32(42)23-38-22-26(3)46-25-27-12-7-6-8-13-27/h6-10,12-15,17-18,20,26,29,32-34,38,42H,4-5,11,16,19,21-25H2,1-3H3,(H,39,43)(H,40,44)/t26-,32?,33-,34?/m1/s1. The topological polar surface area (TPSA) is 120 Å². The van der Waals surface area contributed by atoms with Gasteiger partial charge in [0.2, 0.25) is 17.7 Å². The van der Waals surface area contributed by atoms with Crippen LogP contribution in [0.4, 0.5) is 0 Å². The average molecular weight is 631 g/mol. The summed E-state index contributed by atoms with van der Waals surface area (Å²) < 4.78 is 5.87. The normalized spacial score (nSPS) is 16.7. The van der Waals surface area contributed by atoms with Gasteiger partial charge in [-0.15, -0.1) is 0 Å². The Kier molecular flexibility index (Phi) is 13.6. The minimum Gasteiger partial charge on any atom is -0.390 e. The number of nitrogens with one attached hydrogen (secondary N) is 3. The van der Waals surface area contributed by atoms with E-state index in [1.807, 2.05) is 93.6 Å². The number of nitrogens with zero attached hydrogens (tertiary/aromatic N) is 1. The Labute approximate surface area is 273 Å². The van der Waals surface area contributed by atoms with Crippen LogP contribution in [-0.4, -0.2) is 78.2 Å². The maximum Gasteiger partial charge on any atom is 0.243 e. The van der Waals surface area contributed by atoms with Crippen molar-refractivity contribution in [2.75, 3.05) is 26.2 Å². The summed E-state index contributed by atoms with van der Waals surface area (Å²) in [5.74, 6) is -0.798. The summed E-state index contributed by atoms with van der Waals surface area (Å²) in [6, 6.07) is 22.5. The minimum atomic E-state index is -0.870. The second kappa shape index (κ2) is 17.8. The number of hydrogen-bond donors (Lipinski definition) is 4. The Balaban J connectivity index is 1.34. The molecule has 4 N–H and O–H groups in total. The molecule has 0 saturated carbocycles. The monoisotopic (exact) mass is 630 g/mol. The summed E-state index contributed by atoms with van der Waals surface area (Å²) in [6.45, 7) is 7.85. The number of ether oxygens (including phenoxy) is 1. The number of carbonyl (C=O) groups excluding carboxylic acids is 3. The third kappa shape index (κ3) is 10.1. The third-order valence-electron chi connectivity index (χ3n) is 8.76. The Morgan fingerprint density at radius 3 is 2.37 bits per heavy atom. The number of rotatable bonds is 17. The van der Waals surface area contributed by atoms with Crippen molar-refractivity contribution >= 4 is 28.5 Å². The number of aliphatic hydroxyl groups is 1. The van der Waals surface area contributed by atoms with Gasteiger partial charge in [-0.3, -0.25) is 14.4 Å². The van der Waals surface area contributed by atoms with E-state index in [0.29, 0.717) is 26.1 Å². The van der Waals surface area contributed by atoms with E-state index in [-0.39, 0.29) is 49.3 Å². The van der Waals surface area contributed by atoms with Gasteiger partial charge in [0.15, 0.2) is 0 Å². The molecule has 1 aliphatic heterocycles. The van der Waals surface area contributed by atoms with E-state index in [4.69, 9.17) is 4.74 Å². The van der Waals surface area contributed by atoms with Gasteiger partial charge in [0.1, 0.15) is 12.1 Å². The SMILES string of the molecule is CCC(CC)C(=O)N1CCCC1C(=O)N[C@H](Cc1ccc2ccccc2c1)C(=O)NCC(O)CNC[C@@H](C)OCc1ccccc1. The maximum atomic E-state index is 13.6. The van der Waals surface area contributed by atoms with Gasteiger partial charge in [0.25, 0.3) is 0 Å². The minimum absolute atomic E-state index is 0.00795. The van der Waals surface area contributed by atoms with Crippen molar-refractivity contribution in [3.8, 4) is 0 Å². The van der Waals surface area contributed by atoms with Crippen LogP contribution in [0.1, 0.15) is 57.6 Å². The molecule has 4 atom stereocenters. The molecular weight excluding hydrogens is 580 g/mol. The molecule has 0 aliphatic carbocycles. The van der Waals surface area contributed by atoms with Crippen LogP contribution >= 0.6 is 0 Å². The first-order valence-electron chi connectivity index (χ1n) is 16.7. The van der Waals surface area contributed by atoms with Gasteiger partial charge in [0, 0.05) is 38.5 Å². The third-order valence-corrected chi connectivity index (χ3v) is 8.76. The van der Waals surface area contributed by atoms with E-state index >= 15 is 0 Å². The van der Waals surface area contributed by atoms with Gasteiger partial charge >= 0.3 is 0 Å². The van der Waals surface area contributed by atoms with Crippen molar-refractivity contribution in [2.45, 2.75) is 83.8 Å². The van der Waals surface area contributed by atoms with E-state index in [2.05, 4.69) is 16.0 Å². The number of fused-ring (bicyclic) bond motifs is 1. The fraction of sp³-hybridized carbons (Fsp3) is 0.486. The van der Waals surface area contributed by atoms with Crippen molar-refractivity contribution in [1.82, 2.24) is 20.9 Å². The lowest BCUT2D eigenvalue weighted by Gasteiger charge is -2.29. The zero-order chi connectivity index (χ0) is 32.9. The van der Waals surface area contributed by atoms with Crippen molar-refractivity contribution in [3.63, 3.8) is 0 Å². The average Bonchev–Trinajstić information content (AvgIpc) is 3.57. The highest BCUT2D eigenvalue weighted by molar-refractivity contribution is 5.93. The quantitative estimate of drug-likeness (QED) is 0.179. The van der Waals surface area contributed by atoms with Crippen LogP contribution in [0.3, 0.4) is 0 Å². The number of likely N-dealkylation sites (tertiary alicyclic amines) is 1. The smallest absolute Gasteiger partial charge is 0.243 e. The maximum absolute atomic E-state index is 13.6. The highest BCUT2D eigenvalue weighted by atomic mass is 16.5. The Bertz CT molecular complexity index is 1410. The Morgan fingerprint density at radius 1 is 0.913 bits per heavy atom. The molecule has 9 heteroatoms. The number of carbonyl (C=O) groups is 3. The van der Waals surface area contributed by atoms with E-state index < -0.39 is 18.2 Å². The molecule has 1 heterocycles. The van der Waals surface area contributed by atoms with Crippen LogP contribution in [0.15, 0.2) is 72.8 Å². The van der Waals surface area contributed by atoms with Crippen molar-refractivity contribution < 1.29 is 24.2 Å². The highest BCUT2D eigenvalue weighted by Crippen LogP contribution is 2.23. The number of hydrogen-bond acceptors (Lipinski definition) is 6. The first-order chi connectivity index (χ1) is 22.3. The van der Waals surface area contributed by atoms with Crippen LogP contribution in [0, 0.1) is 5.92 Å². The Morgan fingerprint density at radius 2 is 1.63 bits per heavy atom. The van der Waals surface area contributed by atoms with Gasteiger partial charge in [-0.1, -0.05) is 86.6 Å². The summed E-state index contributed by atoms with van der Waals surface area (Å²) in [6.07, 6.45) is 2.16. The first kappa shape index (κ1) is 35.1. The van der Waals surface area contributed by atoms with Crippen molar-refractivity contribution in [3.05, 3.63) is 83.9 Å². The van der Waals surface area contributed by atoms with Crippen LogP contribution in [0.2, 0.25) is 0 Å². The van der Waals surface area contributed by atoms with Crippen LogP contribution in [0.5, 0.6) is 0 Å². The van der Waals surface area contributed by atoms with Crippen molar-refractivity contribution in [2.24, 2.45) is 5.92 Å². The largest absolute Gasteiger partial charge is 0.390 e. The predicted molar refractivity (Wildman–Crippen MR) is 181 cm³/mol. The summed E-state index contributed by atoms with van der Waals surface area (Å²) in [4.78, 5) is 42.0. The van der Waals surface area contributed by atoms with Crippen molar-refractivity contribution in [1.29, 1.82) is 0 Å². The lowest BCUT2D eigenvalue weighted by Crippen LogP contribution is -2.55. The van der Waals surface area contributed by atoms with Crippen LogP contribution in [-0.2, 0) is 32.1 Å².